The van der Waals surface area contributed by atoms with E-state index in [9.17, 15) is 0 Å². The average molecular weight is 830 g/mol. The normalized spacial score (nSPS) is 12.6. The Morgan fingerprint density at radius 2 is 0.500 bits per heavy atom. The van der Waals surface area contributed by atoms with Gasteiger partial charge < -0.3 is 21.5 Å². The van der Waals surface area contributed by atoms with E-state index in [0.717, 1.165) is 0 Å². The molecule has 0 amide bonds. The summed E-state index contributed by atoms with van der Waals surface area (Å²) < 4.78 is 1.42. The van der Waals surface area contributed by atoms with Gasteiger partial charge in [-0.15, -0.1) is 0 Å². The maximum Gasteiger partial charge on any atom is 0.0786 e. The zero-order chi connectivity index (χ0) is 35.4. The van der Waals surface area contributed by atoms with Crippen molar-refractivity contribution < 1.29 is 21.5 Å². The van der Waals surface area contributed by atoms with Crippen molar-refractivity contribution in [2.45, 2.75) is 235 Å². The maximum absolute atomic E-state index is 4.56. The van der Waals surface area contributed by atoms with Gasteiger partial charge in [-0.25, -0.2) is 0 Å². The first-order valence-corrected chi connectivity index (χ1v) is 27.4. The van der Waals surface area contributed by atoms with Gasteiger partial charge in [0.05, 0.1) is 26.2 Å². The molecule has 0 unspecified atom stereocenters. The van der Waals surface area contributed by atoms with Crippen molar-refractivity contribution in [1.29, 1.82) is 0 Å². The van der Waals surface area contributed by atoms with Crippen molar-refractivity contribution in [1.82, 2.24) is 0 Å². The van der Waals surface area contributed by atoms with Gasteiger partial charge in [0.25, 0.3) is 0 Å². The summed E-state index contributed by atoms with van der Waals surface area (Å²) in [7, 11) is 0. The Morgan fingerprint density at radius 1 is 0.292 bits per heavy atom. The van der Waals surface area contributed by atoms with Gasteiger partial charge in [-0.1, -0.05) is 79.6 Å². The fourth-order valence-corrected chi connectivity index (χ4v) is 16.4. The molecule has 0 saturated heterocycles. The van der Waals surface area contributed by atoms with Crippen LogP contribution in [0, 0.1) is 0 Å². The van der Waals surface area contributed by atoms with Crippen LogP contribution in [0.2, 0.25) is 0 Å². The minimum absolute atomic E-state index is 0. The summed E-state index contributed by atoms with van der Waals surface area (Å²) >= 11 is 4.56. The summed E-state index contributed by atoms with van der Waals surface area (Å²) in [6, 6.07) is 0. The molecule has 0 saturated carbocycles. The summed E-state index contributed by atoms with van der Waals surface area (Å²) in [5.41, 5.74) is 0. The van der Waals surface area contributed by atoms with E-state index >= 15 is 0 Å². The van der Waals surface area contributed by atoms with Crippen LogP contribution in [-0.4, -0.2) is 55.3 Å². The number of halogens is 2. The summed E-state index contributed by atoms with van der Waals surface area (Å²) in [4.78, 5) is 0. The molecule has 0 aromatic heterocycles. The van der Waals surface area contributed by atoms with E-state index in [-0.39, 0.29) is 17.0 Å². The van der Waals surface area contributed by atoms with Crippen LogP contribution in [-0.2, 0) is 0 Å². The number of quaternary nitrogens is 1. The van der Waals surface area contributed by atoms with Crippen LogP contribution in [0.5, 0.6) is 0 Å². The molecule has 0 fully saturated rings. The molecule has 0 N–H and O–H groups in total. The Hall–Kier alpha value is 1.35. The number of hydrogen-bond donors (Lipinski definition) is 0. The van der Waals surface area contributed by atoms with Crippen LogP contribution in [0.4, 0.5) is 0 Å². The number of hydrogen-bond acceptors (Lipinski definition) is 0. The van der Waals surface area contributed by atoms with Gasteiger partial charge >= 0.3 is 175 Å². The first kappa shape index (κ1) is 53.7. The van der Waals surface area contributed by atoms with E-state index < -0.39 is 5.31 Å². The molecule has 0 heterocycles. The standard InChI is InChI=1S/C28H60BrP.C16H36N.BrH/c1-5-9-13-14-15-16-17-18-19-20-21-22-23-24-28-30(29,25-10-6-2,26-11-7-3)27-12-8-4;1-5-9-13-17(14-10-6-2,15-11-7-3)16-12-8-4;/h5-28H2,1-4H3;5-16H2,1-4H3;1H/q;+1;/p-1. The third-order valence-electron chi connectivity index (χ3n) is 11.2. The molecule has 0 rings (SSSR count). The molecule has 0 aliphatic carbocycles. The zero-order valence-corrected chi connectivity index (χ0v) is 39.2. The number of nitrogens with zero attached hydrogens (tertiary/aromatic N) is 1. The molecule has 48 heavy (non-hydrogen) atoms. The molecule has 1 nitrogen and oxygen atoms in total. The Bertz CT molecular complexity index is 551. The largest absolute Gasteiger partial charge is 1.00 e. The van der Waals surface area contributed by atoms with Crippen LogP contribution in [0.3, 0.4) is 0 Å². The summed E-state index contributed by atoms with van der Waals surface area (Å²) in [5, 5.41) is -1.64. The van der Waals surface area contributed by atoms with E-state index in [1.807, 2.05) is 0 Å². The third kappa shape index (κ3) is 30.9. The van der Waals surface area contributed by atoms with Crippen LogP contribution < -0.4 is 17.0 Å². The SMILES string of the molecule is CCCCCCCCCCCCCCCCP(Br)(CCCC)(CCCC)CCCC.CCCC[N+](CCCC)(CCCC)CCCC.[Br-]. The molecular weight excluding hydrogens is 733 g/mol. The van der Waals surface area contributed by atoms with Gasteiger partial charge in [-0.05, 0) is 25.7 Å². The van der Waals surface area contributed by atoms with E-state index in [4.69, 9.17) is 0 Å². The molecule has 0 radical (unpaired) electrons. The van der Waals surface area contributed by atoms with E-state index in [1.165, 1.54) is 235 Å². The van der Waals surface area contributed by atoms with Crippen molar-refractivity contribution in [3.8, 4) is 0 Å². The molecule has 0 aliphatic heterocycles. The Balaban J connectivity index is -0.000000957. The summed E-state index contributed by atoms with van der Waals surface area (Å²) in [5.74, 6) is 0. The van der Waals surface area contributed by atoms with Crippen LogP contribution in [0.15, 0.2) is 0 Å². The number of unbranched alkanes of at least 4 members (excludes halogenated alkanes) is 20. The Morgan fingerprint density at radius 3 is 0.750 bits per heavy atom. The minimum atomic E-state index is -1.64. The molecule has 0 aromatic carbocycles. The molecule has 0 aliphatic rings. The van der Waals surface area contributed by atoms with Gasteiger partial charge in [0.2, 0.25) is 0 Å². The third-order valence-corrected chi connectivity index (χ3v) is 21.2. The van der Waals surface area contributed by atoms with Crippen LogP contribution in [0.25, 0.3) is 0 Å². The first-order valence-electron chi connectivity index (χ1n) is 22.4. The van der Waals surface area contributed by atoms with Gasteiger partial charge in [0, 0.05) is 0 Å². The topological polar surface area (TPSA) is 0 Å². The van der Waals surface area contributed by atoms with E-state index in [1.54, 1.807) is 0 Å². The van der Waals surface area contributed by atoms with Gasteiger partial charge in [0.1, 0.15) is 0 Å². The van der Waals surface area contributed by atoms with Crippen molar-refractivity contribution in [3.63, 3.8) is 0 Å². The zero-order valence-electron chi connectivity index (χ0n) is 35.1. The van der Waals surface area contributed by atoms with Crippen LogP contribution >= 0.6 is 20.8 Å². The molecule has 0 aromatic rings. The predicted octanol–water partition coefficient (Wildman–Crippen LogP) is 13.7. The van der Waals surface area contributed by atoms with Crippen molar-refractivity contribution in [3.05, 3.63) is 0 Å². The maximum atomic E-state index is 4.56. The second kappa shape index (κ2) is 38.1. The molecule has 4 heteroatoms. The molecule has 0 atom stereocenters. The van der Waals surface area contributed by atoms with Gasteiger partial charge in [0.15, 0.2) is 0 Å². The van der Waals surface area contributed by atoms with E-state index in [0.29, 0.717) is 0 Å². The van der Waals surface area contributed by atoms with Crippen LogP contribution in [0.1, 0.15) is 235 Å². The van der Waals surface area contributed by atoms with Crippen molar-refractivity contribution in [2.24, 2.45) is 0 Å². The Kier molecular flexibility index (Phi) is 42.6. The van der Waals surface area contributed by atoms with E-state index in [2.05, 4.69) is 70.9 Å². The molecule has 296 valence electrons. The smallest absolute Gasteiger partial charge is 0.0786 e. The molecule has 0 bridgehead atoms. The number of rotatable bonds is 36. The summed E-state index contributed by atoms with van der Waals surface area (Å²) in [6.45, 7) is 24.5. The second-order valence-electron chi connectivity index (χ2n) is 16.0. The first-order chi connectivity index (χ1) is 22.8. The van der Waals surface area contributed by atoms with Gasteiger partial charge in [-0.3, -0.25) is 0 Å². The summed E-state index contributed by atoms with van der Waals surface area (Å²) in [6.07, 6.45) is 46.1. The molecular formula is C44H96Br2NP. The predicted molar refractivity (Wildman–Crippen MR) is 230 cm³/mol. The quantitative estimate of drug-likeness (QED) is 0.0335. The Labute approximate surface area is 326 Å². The monoisotopic (exact) mass is 828 g/mol. The molecule has 0 spiro atoms. The van der Waals surface area contributed by atoms with Crippen molar-refractivity contribution >= 4 is 20.8 Å². The van der Waals surface area contributed by atoms with Crippen molar-refractivity contribution in [2.75, 3.05) is 50.8 Å². The second-order valence-corrected chi connectivity index (χ2v) is 27.5. The average Bonchev–Trinajstić information content (AvgIpc) is 3.09. The minimum Gasteiger partial charge on any atom is -1.00 e. The fourth-order valence-electron chi connectivity index (χ4n) is 7.68. The van der Waals surface area contributed by atoms with Gasteiger partial charge in [-0.2, -0.15) is 0 Å². The fraction of sp³-hybridized carbons (Fsp3) is 1.00.